The lowest BCUT2D eigenvalue weighted by Crippen LogP contribution is -2.29. The molecule has 0 aliphatic rings. The second-order valence-electron chi connectivity index (χ2n) is 4.44. The lowest BCUT2D eigenvalue weighted by atomic mass is 10.3. The highest BCUT2D eigenvalue weighted by Gasteiger charge is 2.02. The van der Waals surface area contributed by atoms with Gasteiger partial charge in [0.1, 0.15) is 0 Å². The highest BCUT2D eigenvalue weighted by molar-refractivity contribution is 5.50. The average molecular weight is 289 g/mol. The van der Waals surface area contributed by atoms with Crippen LogP contribution in [0, 0.1) is 0 Å². The molecule has 0 saturated carbocycles. The van der Waals surface area contributed by atoms with Gasteiger partial charge in [-0.15, -0.1) is 0 Å². The summed E-state index contributed by atoms with van der Waals surface area (Å²) in [4.78, 5) is 1.94. The molecule has 0 aliphatic heterocycles. The zero-order valence-electron chi connectivity index (χ0n) is 12.0. The van der Waals surface area contributed by atoms with Crippen LogP contribution in [-0.2, 0) is 0 Å². The number of benzene rings is 2. The van der Waals surface area contributed by atoms with Crippen molar-refractivity contribution in [2.45, 2.75) is 0 Å². The van der Waals surface area contributed by atoms with Crippen LogP contribution in [0.25, 0.3) is 0 Å². The zero-order chi connectivity index (χ0) is 15.5. The number of aliphatic hydroxyl groups is 2. The minimum atomic E-state index is 0.106. The predicted octanol–water partition coefficient (Wildman–Crippen LogP) is 1.33. The molecule has 0 aromatic heterocycles. The van der Waals surface area contributed by atoms with Crippen molar-refractivity contribution in [2.24, 2.45) is 0 Å². The van der Waals surface area contributed by atoms with Crippen molar-refractivity contribution >= 4 is 17.1 Å². The summed E-state index contributed by atoms with van der Waals surface area (Å²) in [5.41, 5.74) is 13.2. The van der Waals surface area contributed by atoms with Crippen LogP contribution in [0.3, 0.4) is 0 Å². The van der Waals surface area contributed by atoms with Gasteiger partial charge in [0.15, 0.2) is 0 Å². The maximum Gasteiger partial charge on any atom is 0.0606 e. The molecule has 2 aromatic rings. The van der Waals surface area contributed by atoms with Gasteiger partial charge in [-0.2, -0.15) is 0 Å². The Morgan fingerprint density at radius 1 is 0.762 bits per heavy atom. The van der Waals surface area contributed by atoms with E-state index in [1.165, 1.54) is 0 Å². The Bertz CT molecular complexity index is 483. The summed E-state index contributed by atoms with van der Waals surface area (Å²) in [7, 11) is 0. The smallest absolute Gasteiger partial charge is 0.0606 e. The lowest BCUT2D eigenvalue weighted by Gasteiger charge is -2.22. The van der Waals surface area contributed by atoms with Crippen molar-refractivity contribution in [2.75, 3.05) is 42.7 Å². The average Bonchev–Trinajstić information content (AvgIpc) is 2.48. The van der Waals surface area contributed by atoms with E-state index in [-0.39, 0.29) is 13.2 Å². The first-order valence-corrected chi connectivity index (χ1v) is 6.80. The van der Waals surface area contributed by atoms with Crippen LogP contribution in [0.15, 0.2) is 54.6 Å². The van der Waals surface area contributed by atoms with E-state index in [2.05, 4.69) is 0 Å². The summed E-state index contributed by atoms with van der Waals surface area (Å²) in [5.74, 6) is 0. The molecule has 0 heterocycles. The summed E-state index contributed by atoms with van der Waals surface area (Å²) < 4.78 is 0. The van der Waals surface area contributed by atoms with Crippen molar-refractivity contribution in [1.82, 2.24) is 0 Å². The number of nitrogens with two attached hydrogens (primary N) is 2. The van der Waals surface area contributed by atoms with Gasteiger partial charge in [0, 0.05) is 30.2 Å². The van der Waals surface area contributed by atoms with E-state index in [1.54, 1.807) is 18.2 Å². The number of aliphatic hydroxyl groups excluding tert-OH is 2. The predicted molar refractivity (Wildman–Crippen MR) is 88.1 cm³/mol. The van der Waals surface area contributed by atoms with E-state index in [0.717, 1.165) is 5.69 Å². The maximum atomic E-state index is 8.80. The van der Waals surface area contributed by atoms with Crippen LogP contribution in [0.1, 0.15) is 0 Å². The number of nitrogen functional groups attached to an aromatic ring is 2. The number of hydrogen-bond donors (Lipinski definition) is 4. The Labute approximate surface area is 125 Å². The molecule has 21 heavy (non-hydrogen) atoms. The summed E-state index contributed by atoms with van der Waals surface area (Å²) in [5, 5.41) is 17.6. The Morgan fingerprint density at radius 3 is 1.67 bits per heavy atom. The molecular formula is C16H23N3O2. The Balaban J connectivity index is 0.000000235. The fraction of sp³-hybridized carbons (Fsp3) is 0.250. The highest BCUT2D eigenvalue weighted by Crippen LogP contribution is 2.11. The van der Waals surface area contributed by atoms with Crippen LogP contribution < -0.4 is 16.4 Å². The monoisotopic (exact) mass is 289 g/mol. The van der Waals surface area contributed by atoms with Crippen LogP contribution in [0.5, 0.6) is 0 Å². The van der Waals surface area contributed by atoms with Gasteiger partial charge in [0.25, 0.3) is 0 Å². The topological polar surface area (TPSA) is 95.7 Å². The molecule has 6 N–H and O–H groups in total. The highest BCUT2D eigenvalue weighted by atomic mass is 16.3. The molecule has 2 rings (SSSR count). The van der Waals surface area contributed by atoms with Gasteiger partial charge in [-0.25, -0.2) is 0 Å². The standard InChI is InChI=1S/C10H15NO2.C6H8N2/c12-8-6-11(7-9-13)10-4-2-1-3-5-10;7-5-2-1-3-6(8)4-5/h1-5,12-13H,6-9H2;1-4H,7-8H2. The molecule has 0 spiro atoms. The molecule has 5 heteroatoms. The summed E-state index contributed by atoms with van der Waals surface area (Å²) in [6.45, 7) is 1.33. The minimum absolute atomic E-state index is 0.106. The van der Waals surface area contributed by atoms with Crippen LogP contribution >= 0.6 is 0 Å². The maximum absolute atomic E-state index is 8.80. The summed E-state index contributed by atoms with van der Waals surface area (Å²) >= 11 is 0. The van der Waals surface area contributed by atoms with Crippen LogP contribution in [0.2, 0.25) is 0 Å². The first-order valence-electron chi connectivity index (χ1n) is 6.80. The van der Waals surface area contributed by atoms with Gasteiger partial charge >= 0.3 is 0 Å². The molecule has 0 atom stereocenters. The van der Waals surface area contributed by atoms with Gasteiger partial charge in [-0.3, -0.25) is 0 Å². The molecule has 5 nitrogen and oxygen atoms in total. The first-order chi connectivity index (χ1) is 10.2. The SMILES string of the molecule is Nc1cccc(N)c1.OCCN(CCO)c1ccccc1. The van der Waals surface area contributed by atoms with E-state index in [9.17, 15) is 0 Å². The van der Waals surface area contributed by atoms with Crippen molar-refractivity contribution in [3.05, 3.63) is 54.6 Å². The summed E-state index contributed by atoms with van der Waals surface area (Å²) in [6.07, 6.45) is 0. The molecule has 2 aromatic carbocycles. The number of hydrogen-bond acceptors (Lipinski definition) is 5. The zero-order valence-corrected chi connectivity index (χ0v) is 12.0. The number of anilines is 3. The van der Waals surface area contributed by atoms with Crippen LogP contribution in [-0.4, -0.2) is 36.5 Å². The van der Waals surface area contributed by atoms with Crippen molar-refractivity contribution in [3.8, 4) is 0 Å². The third-order valence-corrected chi connectivity index (χ3v) is 2.77. The van der Waals surface area contributed by atoms with E-state index in [0.29, 0.717) is 24.5 Å². The van der Waals surface area contributed by atoms with E-state index < -0.39 is 0 Å². The van der Waals surface area contributed by atoms with E-state index >= 15 is 0 Å². The quantitative estimate of drug-likeness (QED) is 0.623. The van der Waals surface area contributed by atoms with E-state index in [4.69, 9.17) is 21.7 Å². The van der Waals surface area contributed by atoms with E-state index in [1.807, 2.05) is 41.3 Å². The molecule has 0 fully saturated rings. The minimum Gasteiger partial charge on any atom is -0.399 e. The first kappa shape index (κ1) is 16.8. The fourth-order valence-corrected chi connectivity index (χ4v) is 1.81. The molecule has 0 bridgehead atoms. The molecule has 0 aliphatic carbocycles. The fourth-order valence-electron chi connectivity index (χ4n) is 1.81. The third kappa shape index (κ3) is 6.65. The number of nitrogens with zero attached hydrogens (tertiary/aromatic N) is 1. The number of rotatable bonds is 5. The second-order valence-corrected chi connectivity index (χ2v) is 4.44. The Morgan fingerprint density at radius 2 is 1.29 bits per heavy atom. The molecular weight excluding hydrogens is 266 g/mol. The van der Waals surface area contributed by atoms with Gasteiger partial charge in [0.2, 0.25) is 0 Å². The molecule has 114 valence electrons. The second kappa shape index (κ2) is 9.63. The largest absolute Gasteiger partial charge is 0.399 e. The lowest BCUT2D eigenvalue weighted by molar-refractivity contribution is 0.281. The van der Waals surface area contributed by atoms with Gasteiger partial charge in [0.05, 0.1) is 13.2 Å². The Kier molecular flexibility index (Phi) is 7.71. The molecule has 0 amide bonds. The molecule has 0 saturated heterocycles. The molecule has 0 radical (unpaired) electrons. The van der Waals surface area contributed by atoms with Crippen molar-refractivity contribution in [1.29, 1.82) is 0 Å². The third-order valence-electron chi connectivity index (χ3n) is 2.77. The Hall–Kier alpha value is -2.24. The van der Waals surface area contributed by atoms with Crippen LogP contribution in [0.4, 0.5) is 17.1 Å². The van der Waals surface area contributed by atoms with Crippen molar-refractivity contribution in [3.63, 3.8) is 0 Å². The van der Waals surface area contributed by atoms with Gasteiger partial charge in [-0.1, -0.05) is 24.3 Å². The summed E-state index contributed by atoms with van der Waals surface area (Å²) in [6, 6.07) is 16.9. The normalized spacial score (nSPS) is 9.62. The van der Waals surface area contributed by atoms with Crippen molar-refractivity contribution < 1.29 is 10.2 Å². The van der Waals surface area contributed by atoms with Gasteiger partial charge < -0.3 is 26.6 Å². The number of para-hydroxylation sites is 1. The van der Waals surface area contributed by atoms with Gasteiger partial charge in [-0.05, 0) is 30.3 Å². The molecule has 0 unspecified atom stereocenters.